The summed E-state index contributed by atoms with van der Waals surface area (Å²) in [6, 6.07) is 11.2. The van der Waals surface area contributed by atoms with Gasteiger partial charge in [-0.3, -0.25) is 0 Å². The van der Waals surface area contributed by atoms with Gasteiger partial charge in [-0.05, 0) is 45.8 Å². The molecule has 1 heterocycles. The molecule has 0 amide bonds. The normalized spacial score (nSPS) is 11.3. The maximum atomic E-state index is 10.1. The summed E-state index contributed by atoms with van der Waals surface area (Å²) in [6.45, 7) is 0. The molecule has 0 atom stereocenters. The molecule has 25 heavy (non-hydrogen) atoms. The molecule has 0 unspecified atom stereocenters. The van der Waals surface area contributed by atoms with E-state index in [9.17, 15) is 5.11 Å². The van der Waals surface area contributed by atoms with Gasteiger partial charge in [0.15, 0.2) is 0 Å². The summed E-state index contributed by atoms with van der Waals surface area (Å²) in [5, 5.41) is 23.7. The van der Waals surface area contributed by atoms with Crippen molar-refractivity contribution in [1.29, 1.82) is 0 Å². The molecule has 1 aromatic heterocycles. The second kappa shape index (κ2) is 8.35. The monoisotopic (exact) mass is 500 g/mol. The number of hydrogen-bond acceptors (Lipinski definition) is 5. The van der Waals surface area contributed by atoms with Crippen LogP contribution in [0.3, 0.4) is 0 Å². The van der Waals surface area contributed by atoms with Crippen LogP contribution in [0.5, 0.6) is 5.75 Å². The van der Waals surface area contributed by atoms with Gasteiger partial charge in [-0.1, -0.05) is 51.4 Å². The summed E-state index contributed by atoms with van der Waals surface area (Å²) in [6.07, 6.45) is 3.07. The van der Waals surface area contributed by atoms with Crippen LogP contribution in [-0.2, 0) is 5.75 Å². The smallest absolute Gasteiger partial charge is 0.212 e. The van der Waals surface area contributed by atoms with Gasteiger partial charge < -0.3 is 5.11 Å². The highest BCUT2D eigenvalue weighted by molar-refractivity contribution is 9.11. The number of aromatic nitrogens is 3. The molecule has 0 aliphatic carbocycles. The number of halogens is 3. The SMILES string of the molecule is Oc1c(Br)cc(Br)cc1/C=N/n1cnnc1SCc1ccc(Cl)cc1. The summed E-state index contributed by atoms with van der Waals surface area (Å²) in [7, 11) is 0. The quantitative estimate of drug-likeness (QED) is 0.378. The van der Waals surface area contributed by atoms with Crippen molar-refractivity contribution in [1.82, 2.24) is 14.9 Å². The van der Waals surface area contributed by atoms with Crippen molar-refractivity contribution >= 4 is 61.4 Å². The number of aromatic hydroxyl groups is 1. The Labute approximate surface area is 170 Å². The van der Waals surface area contributed by atoms with Gasteiger partial charge in [-0.15, -0.1) is 10.2 Å². The topological polar surface area (TPSA) is 63.3 Å². The lowest BCUT2D eigenvalue weighted by Crippen LogP contribution is -1.93. The van der Waals surface area contributed by atoms with E-state index in [4.69, 9.17) is 11.6 Å². The minimum Gasteiger partial charge on any atom is -0.506 e. The molecule has 3 rings (SSSR count). The fraction of sp³-hybridized carbons (Fsp3) is 0.0625. The van der Waals surface area contributed by atoms with Gasteiger partial charge in [0.1, 0.15) is 12.1 Å². The zero-order chi connectivity index (χ0) is 17.8. The molecule has 0 saturated carbocycles. The Morgan fingerprint density at radius 3 is 2.76 bits per heavy atom. The van der Waals surface area contributed by atoms with Crippen LogP contribution in [0.15, 0.2) is 61.9 Å². The van der Waals surface area contributed by atoms with E-state index in [0.717, 1.165) is 15.8 Å². The molecule has 0 aliphatic heterocycles. The number of phenolic OH excluding ortho intramolecular Hbond substituents is 1. The molecule has 1 N–H and O–H groups in total. The number of hydrogen-bond donors (Lipinski definition) is 1. The fourth-order valence-electron chi connectivity index (χ4n) is 1.93. The Bertz CT molecular complexity index is 915. The molecule has 0 saturated heterocycles. The second-order valence-corrected chi connectivity index (χ2v) is 8.09. The summed E-state index contributed by atoms with van der Waals surface area (Å²) in [5.74, 6) is 0.842. The molecule has 2 aromatic carbocycles. The van der Waals surface area contributed by atoms with Crippen LogP contribution in [-0.4, -0.2) is 26.2 Å². The second-order valence-electron chi connectivity index (χ2n) is 4.94. The zero-order valence-electron chi connectivity index (χ0n) is 12.6. The van der Waals surface area contributed by atoms with Gasteiger partial charge in [-0.25, -0.2) is 0 Å². The summed E-state index contributed by atoms with van der Waals surface area (Å²) < 4.78 is 2.98. The lowest BCUT2D eigenvalue weighted by Gasteiger charge is -2.04. The van der Waals surface area contributed by atoms with Crippen molar-refractivity contribution in [2.24, 2.45) is 5.10 Å². The van der Waals surface area contributed by atoms with Gasteiger partial charge in [0.05, 0.1) is 10.7 Å². The standard InChI is InChI=1S/C16H11Br2ClN4OS/c17-12-5-11(15(24)14(18)6-12)7-21-23-9-20-22-16(23)25-8-10-1-3-13(19)4-2-10/h1-7,9,24H,8H2/b21-7+. The van der Waals surface area contributed by atoms with Crippen LogP contribution in [0, 0.1) is 0 Å². The van der Waals surface area contributed by atoms with E-state index in [0.29, 0.717) is 20.2 Å². The highest BCUT2D eigenvalue weighted by Gasteiger charge is 2.07. The molecule has 0 spiro atoms. The van der Waals surface area contributed by atoms with Crippen LogP contribution in [0.4, 0.5) is 0 Å². The summed E-state index contributed by atoms with van der Waals surface area (Å²) in [5.41, 5.74) is 1.70. The fourth-order valence-corrected chi connectivity index (χ4v) is 4.13. The van der Waals surface area contributed by atoms with Crippen molar-refractivity contribution in [3.05, 3.63) is 67.8 Å². The predicted octanol–water partition coefficient (Wildman–Crippen LogP) is 5.34. The Morgan fingerprint density at radius 2 is 2.00 bits per heavy atom. The van der Waals surface area contributed by atoms with Crippen LogP contribution in [0.2, 0.25) is 5.02 Å². The highest BCUT2D eigenvalue weighted by Crippen LogP contribution is 2.30. The van der Waals surface area contributed by atoms with E-state index >= 15 is 0 Å². The van der Waals surface area contributed by atoms with E-state index in [1.165, 1.54) is 18.1 Å². The minimum absolute atomic E-state index is 0.121. The van der Waals surface area contributed by atoms with Gasteiger partial charge >= 0.3 is 0 Å². The number of phenols is 1. The van der Waals surface area contributed by atoms with Crippen molar-refractivity contribution in [2.75, 3.05) is 0 Å². The van der Waals surface area contributed by atoms with Crippen LogP contribution in [0.1, 0.15) is 11.1 Å². The minimum atomic E-state index is 0.121. The van der Waals surface area contributed by atoms with Crippen LogP contribution in [0.25, 0.3) is 0 Å². The Morgan fingerprint density at radius 1 is 1.24 bits per heavy atom. The molecule has 5 nitrogen and oxygen atoms in total. The third-order valence-electron chi connectivity index (χ3n) is 3.16. The number of rotatable bonds is 5. The highest BCUT2D eigenvalue weighted by atomic mass is 79.9. The molecule has 128 valence electrons. The maximum absolute atomic E-state index is 10.1. The average Bonchev–Trinajstić information content (AvgIpc) is 3.04. The van der Waals surface area contributed by atoms with E-state index in [2.05, 4.69) is 47.2 Å². The van der Waals surface area contributed by atoms with E-state index in [-0.39, 0.29) is 5.75 Å². The molecular formula is C16H11Br2ClN4OS. The molecule has 0 fully saturated rings. The molecule has 3 aromatic rings. The van der Waals surface area contributed by atoms with E-state index in [1.54, 1.807) is 23.0 Å². The first kappa shape index (κ1) is 18.4. The molecule has 0 radical (unpaired) electrons. The molecule has 9 heteroatoms. The van der Waals surface area contributed by atoms with Gasteiger partial charge in [-0.2, -0.15) is 9.78 Å². The predicted molar refractivity (Wildman–Crippen MR) is 108 cm³/mol. The third-order valence-corrected chi connectivity index (χ3v) is 5.48. The van der Waals surface area contributed by atoms with Crippen LogP contribution < -0.4 is 0 Å². The van der Waals surface area contributed by atoms with Crippen molar-refractivity contribution < 1.29 is 5.11 Å². The van der Waals surface area contributed by atoms with Crippen molar-refractivity contribution in [3.8, 4) is 5.75 Å². The number of benzene rings is 2. The van der Waals surface area contributed by atoms with Crippen molar-refractivity contribution in [3.63, 3.8) is 0 Å². The van der Waals surface area contributed by atoms with Gasteiger partial charge in [0, 0.05) is 20.8 Å². The first-order valence-electron chi connectivity index (χ1n) is 7.02. The first-order chi connectivity index (χ1) is 12.0. The molecule has 0 bridgehead atoms. The first-order valence-corrected chi connectivity index (χ1v) is 9.97. The largest absolute Gasteiger partial charge is 0.506 e. The molecular weight excluding hydrogens is 492 g/mol. The van der Waals surface area contributed by atoms with Gasteiger partial charge in [0.2, 0.25) is 5.16 Å². The zero-order valence-corrected chi connectivity index (χ0v) is 17.3. The summed E-state index contributed by atoms with van der Waals surface area (Å²) >= 11 is 14.1. The van der Waals surface area contributed by atoms with E-state index in [1.807, 2.05) is 24.3 Å². The van der Waals surface area contributed by atoms with Crippen molar-refractivity contribution in [2.45, 2.75) is 10.9 Å². The maximum Gasteiger partial charge on any atom is 0.212 e. The average molecular weight is 503 g/mol. The Balaban J connectivity index is 1.74. The Hall–Kier alpha value is -1.35. The van der Waals surface area contributed by atoms with Gasteiger partial charge in [0.25, 0.3) is 0 Å². The van der Waals surface area contributed by atoms with E-state index < -0.39 is 0 Å². The number of thioether (sulfide) groups is 1. The number of nitrogens with zero attached hydrogens (tertiary/aromatic N) is 4. The lowest BCUT2D eigenvalue weighted by molar-refractivity contribution is 0.471. The Kier molecular flexibility index (Phi) is 6.16. The summed E-state index contributed by atoms with van der Waals surface area (Å²) in [4.78, 5) is 0. The lowest BCUT2D eigenvalue weighted by atomic mass is 10.2. The third kappa shape index (κ3) is 4.84. The van der Waals surface area contributed by atoms with Crippen LogP contribution >= 0.6 is 55.2 Å². The molecule has 0 aliphatic rings.